The van der Waals surface area contributed by atoms with Crippen molar-refractivity contribution in [3.05, 3.63) is 63.5 Å². The van der Waals surface area contributed by atoms with Crippen molar-refractivity contribution in [3.8, 4) is 11.5 Å². The SMILES string of the molecule is CCCCn1c(=O)c(OCC=C(C)CCC=C(C)C)c(OCC=C(C)C)c2ccc(NC(C)=O)cc21. The fourth-order valence-electron chi connectivity index (χ4n) is 3.74. The number of nitrogens with zero attached hydrogens (tertiary/aromatic N) is 1. The van der Waals surface area contributed by atoms with E-state index in [9.17, 15) is 9.59 Å². The van der Waals surface area contributed by atoms with Gasteiger partial charge in [-0.15, -0.1) is 0 Å². The summed E-state index contributed by atoms with van der Waals surface area (Å²) < 4.78 is 14.0. The molecule has 0 aliphatic rings. The first-order chi connectivity index (χ1) is 17.1. The number of amides is 1. The summed E-state index contributed by atoms with van der Waals surface area (Å²) in [6.45, 7) is 15.0. The van der Waals surface area contributed by atoms with Gasteiger partial charge in [-0.1, -0.05) is 36.1 Å². The van der Waals surface area contributed by atoms with E-state index in [1.807, 2.05) is 44.2 Å². The molecule has 0 spiro atoms. The number of anilines is 1. The Morgan fingerprint density at radius 1 is 0.944 bits per heavy atom. The minimum Gasteiger partial charge on any atom is -0.485 e. The predicted molar refractivity (Wildman–Crippen MR) is 150 cm³/mol. The van der Waals surface area contributed by atoms with Crippen molar-refractivity contribution in [3.63, 3.8) is 0 Å². The van der Waals surface area contributed by atoms with E-state index < -0.39 is 0 Å². The molecule has 6 heteroatoms. The number of hydrogen-bond acceptors (Lipinski definition) is 4. The summed E-state index contributed by atoms with van der Waals surface area (Å²) >= 11 is 0. The summed E-state index contributed by atoms with van der Waals surface area (Å²) in [5.41, 5.74) is 4.78. The van der Waals surface area contributed by atoms with Gasteiger partial charge in [0, 0.05) is 24.5 Å². The van der Waals surface area contributed by atoms with Gasteiger partial charge in [0.2, 0.25) is 11.7 Å². The van der Waals surface area contributed by atoms with Gasteiger partial charge in [0.15, 0.2) is 5.75 Å². The summed E-state index contributed by atoms with van der Waals surface area (Å²) in [6.07, 6.45) is 9.94. The highest BCUT2D eigenvalue weighted by Gasteiger charge is 2.20. The number of unbranched alkanes of at least 4 members (excludes halogenated alkanes) is 1. The summed E-state index contributed by atoms with van der Waals surface area (Å²) in [6, 6.07) is 5.54. The molecular formula is C30H42N2O4. The number of hydrogen-bond donors (Lipinski definition) is 1. The molecule has 0 bridgehead atoms. The maximum atomic E-state index is 13.7. The summed E-state index contributed by atoms with van der Waals surface area (Å²) in [7, 11) is 0. The van der Waals surface area contributed by atoms with E-state index >= 15 is 0 Å². The first-order valence-electron chi connectivity index (χ1n) is 12.8. The number of nitrogens with one attached hydrogen (secondary N) is 1. The summed E-state index contributed by atoms with van der Waals surface area (Å²) in [4.78, 5) is 25.3. The third kappa shape index (κ3) is 8.74. The van der Waals surface area contributed by atoms with E-state index in [0.717, 1.165) is 36.6 Å². The standard InChI is InChI=1S/C30H42N2O4/c1-8-9-17-32-27-20-25(31-24(7)33)13-14-26(27)28(35-18-15-22(4)5)29(30(32)34)36-19-16-23(6)12-10-11-21(2)3/h11,13-16,20H,8-10,12,17-19H2,1-7H3,(H,31,33). The first kappa shape index (κ1) is 29.0. The molecule has 0 aliphatic heterocycles. The number of carbonyl (C=O) groups excluding carboxylic acids is 1. The first-order valence-corrected chi connectivity index (χ1v) is 12.8. The fourth-order valence-corrected chi connectivity index (χ4v) is 3.74. The van der Waals surface area contributed by atoms with Gasteiger partial charge < -0.3 is 19.4 Å². The second kappa shape index (κ2) is 14.3. The average molecular weight is 495 g/mol. The summed E-state index contributed by atoms with van der Waals surface area (Å²) in [5, 5.41) is 3.59. The van der Waals surface area contributed by atoms with Crippen LogP contribution in [0.5, 0.6) is 11.5 Å². The van der Waals surface area contributed by atoms with Crippen LogP contribution in [0.3, 0.4) is 0 Å². The van der Waals surface area contributed by atoms with Crippen LogP contribution in [-0.2, 0) is 11.3 Å². The van der Waals surface area contributed by atoms with Crippen molar-refractivity contribution in [2.75, 3.05) is 18.5 Å². The number of aromatic nitrogens is 1. The van der Waals surface area contributed by atoms with Crippen LogP contribution in [0.2, 0.25) is 0 Å². The highest BCUT2D eigenvalue weighted by atomic mass is 16.5. The van der Waals surface area contributed by atoms with Crippen LogP contribution < -0.4 is 20.3 Å². The van der Waals surface area contributed by atoms with Crippen molar-refractivity contribution < 1.29 is 14.3 Å². The lowest BCUT2D eigenvalue weighted by Crippen LogP contribution is -2.24. The molecule has 6 nitrogen and oxygen atoms in total. The molecule has 2 rings (SSSR count). The lowest BCUT2D eigenvalue weighted by Gasteiger charge is -2.19. The number of ether oxygens (including phenoxy) is 2. The van der Waals surface area contributed by atoms with Crippen LogP contribution in [0.25, 0.3) is 10.9 Å². The summed E-state index contributed by atoms with van der Waals surface area (Å²) in [5.74, 6) is 0.495. The molecule has 0 saturated heterocycles. The lowest BCUT2D eigenvalue weighted by atomic mass is 10.1. The Hall–Kier alpha value is -3.28. The number of pyridine rings is 1. The molecule has 1 aromatic heterocycles. The van der Waals surface area contributed by atoms with E-state index in [0.29, 0.717) is 30.1 Å². The highest BCUT2D eigenvalue weighted by molar-refractivity contribution is 5.94. The van der Waals surface area contributed by atoms with Gasteiger partial charge in [-0.3, -0.25) is 9.59 Å². The van der Waals surface area contributed by atoms with Crippen molar-refractivity contribution in [1.29, 1.82) is 0 Å². The minimum atomic E-state index is -0.223. The number of aryl methyl sites for hydroxylation is 1. The smallest absolute Gasteiger partial charge is 0.297 e. The van der Waals surface area contributed by atoms with Gasteiger partial charge in [0.1, 0.15) is 13.2 Å². The molecule has 0 radical (unpaired) electrons. The van der Waals surface area contributed by atoms with E-state index in [4.69, 9.17) is 9.47 Å². The Morgan fingerprint density at radius 2 is 1.61 bits per heavy atom. The molecule has 2 aromatic rings. The topological polar surface area (TPSA) is 69.6 Å². The third-order valence-electron chi connectivity index (χ3n) is 5.70. The molecule has 1 aromatic carbocycles. The van der Waals surface area contributed by atoms with Crippen molar-refractivity contribution in [2.24, 2.45) is 0 Å². The van der Waals surface area contributed by atoms with Crippen LogP contribution in [-0.4, -0.2) is 23.7 Å². The lowest BCUT2D eigenvalue weighted by molar-refractivity contribution is -0.114. The predicted octanol–water partition coefficient (Wildman–Crippen LogP) is 7.18. The van der Waals surface area contributed by atoms with E-state index in [1.54, 1.807) is 4.57 Å². The molecule has 1 amide bonds. The van der Waals surface area contributed by atoms with Gasteiger partial charge in [-0.05, 0) is 84.2 Å². The molecule has 0 atom stereocenters. The molecule has 0 aliphatic carbocycles. The number of rotatable bonds is 13. The quantitative estimate of drug-likeness (QED) is 0.300. The number of carbonyl (C=O) groups is 1. The number of allylic oxidation sites excluding steroid dienone is 4. The molecule has 0 fully saturated rings. The zero-order valence-corrected chi connectivity index (χ0v) is 23.0. The number of benzene rings is 1. The molecule has 0 saturated carbocycles. The zero-order valence-electron chi connectivity index (χ0n) is 23.0. The maximum absolute atomic E-state index is 13.7. The number of fused-ring (bicyclic) bond motifs is 1. The fraction of sp³-hybridized carbons (Fsp3) is 0.467. The van der Waals surface area contributed by atoms with Gasteiger partial charge in [0.05, 0.1) is 5.52 Å². The Labute approximate surface area is 215 Å². The molecule has 1 N–H and O–H groups in total. The largest absolute Gasteiger partial charge is 0.485 e. The van der Waals surface area contributed by atoms with Crippen LogP contribution in [0, 0.1) is 0 Å². The van der Waals surface area contributed by atoms with Crippen molar-refractivity contribution in [2.45, 2.75) is 80.7 Å². The van der Waals surface area contributed by atoms with Crippen LogP contribution in [0.15, 0.2) is 57.9 Å². The van der Waals surface area contributed by atoms with Crippen LogP contribution in [0.1, 0.15) is 74.1 Å². The molecule has 196 valence electrons. The van der Waals surface area contributed by atoms with E-state index in [2.05, 4.69) is 39.1 Å². The van der Waals surface area contributed by atoms with Crippen LogP contribution >= 0.6 is 0 Å². The molecule has 36 heavy (non-hydrogen) atoms. The van der Waals surface area contributed by atoms with Gasteiger partial charge in [-0.25, -0.2) is 0 Å². The monoisotopic (exact) mass is 494 g/mol. The second-order valence-corrected chi connectivity index (χ2v) is 9.66. The highest BCUT2D eigenvalue weighted by Crippen LogP contribution is 2.34. The Morgan fingerprint density at radius 3 is 2.25 bits per heavy atom. The zero-order chi connectivity index (χ0) is 26.7. The Balaban J connectivity index is 2.55. The Kier molecular flexibility index (Phi) is 11.5. The van der Waals surface area contributed by atoms with Gasteiger partial charge in [0.25, 0.3) is 5.56 Å². The molecule has 1 heterocycles. The Bertz CT molecular complexity index is 1190. The van der Waals surface area contributed by atoms with Gasteiger partial charge in [-0.2, -0.15) is 0 Å². The third-order valence-corrected chi connectivity index (χ3v) is 5.70. The van der Waals surface area contributed by atoms with Gasteiger partial charge >= 0.3 is 0 Å². The average Bonchev–Trinajstić information content (AvgIpc) is 2.79. The second-order valence-electron chi connectivity index (χ2n) is 9.66. The maximum Gasteiger partial charge on any atom is 0.297 e. The molecule has 0 unspecified atom stereocenters. The molecular weight excluding hydrogens is 452 g/mol. The van der Waals surface area contributed by atoms with E-state index in [-0.39, 0.29) is 23.8 Å². The minimum absolute atomic E-state index is 0.163. The van der Waals surface area contributed by atoms with E-state index in [1.165, 1.54) is 18.1 Å². The normalized spacial score (nSPS) is 11.2. The van der Waals surface area contributed by atoms with Crippen LogP contribution in [0.4, 0.5) is 5.69 Å². The van der Waals surface area contributed by atoms with Crippen molar-refractivity contribution in [1.82, 2.24) is 4.57 Å². The van der Waals surface area contributed by atoms with Crippen molar-refractivity contribution >= 4 is 22.5 Å².